The first-order valence-electron chi connectivity index (χ1n) is 8.88. The third-order valence-electron chi connectivity index (χ3n) is 4.10. The molecule has 1 atom stereocenters. The number of esters is 1. The number of hydrogen-bond donors (Lipinski definition) is 2. The molecule has 2 N–H and O–H groups in total. The third-order valence-corrected chi connectivity index (χ3v) is 4.79. The summed E-state index contributed by atoms with van der Waals surface area (Å²) < 4.78 is 7.15. The quantitative estimate of drug-likeness (QED) is 0.611. The topological polar surface area (TPSA) is 106 Å². The standard InChI is InChI=1S/C20H22BrN3O5/c1-12(2)17(23-18(26)13-7-4-5-8-14(13)21)20(28)29-11-16(25)22-19(27)15-9-6-10-24(15)3/h4-10,12,17H,11H2,1-3H3,(H,23,26)(H,22,25,27)/t17-/m1/s1. The Hall–Kier alpha value is -2.94. The van der Waals surface area contributed by atoms with E-state index in [0.29, 0.717) is 15.7 Å². The number of ether oxygens (including phenoxy) is 1. The predicted molar refractivity (Wildman–Crippen MR) is 109 cm³/mol. The number of carbonyl (C=O) groups is 4. The Balaban J connectivity index is 1.93. The lowest BCUT2D eigenvalue weighted by Gasteiger charge is -2.21. The van der Waals surface area contributed by atoms with Gasteiger partial charge in [0.25, 0.3) is 17.7 Å². The number of imide groups is 1. The first-order chi connectivity index (χ1) is 13.7. The molecule has 0 fully saturated rings. The second-order valence-corrected chi connectivity index (χ2v) is 7.52. The minimum atomic E-state index is -0.953. The van der Waals surface area contributed by atoms with Crippen LogP contribution in [-0.2, 0) is 21.4 Å². The van der Waals surface area contributed by atoms with Crippen LogP contribution in [0.1, 0.15) is 34.7 Å². The molecule has 29 heavy (non-hydrogen) atoms. The minimum Gasteiger partial charge on any atom is -0.454 e. The molecule has 154 valence electrons. The Bertz CT molecular complexity index is 922. The highest BCUT2D eigenvalue weighted by Crippen LogP contribution is 2.16. The van der Waals surface area contributed by atoms with E-state index in [2.05, 4.69) is 26.6 Å². The molecule has 0 aliphatic rings. The molecule has 0 aliphatic heterocycles. The van der Waals surface area contributed by atoms with Gasteiger partial charge < -0.3 is 14.6 Å². The molecule has 9 heteroatoms. The SMILES string of the molecule is CC(C)[C@@H](NC(=O)c1ccccc1Br)C(=O)OCC(=O)NC(=O)c1cccn1C. The van der Waals surface area contributed by atoms with Crippen LogP contribution in [0.15, 0.2) is 47.1 Å². The van der Waals surface area contributed by atoms with Gasteiger partial charge in [-0.3, -0.25) is 19.7 Å². The van der Waals surface area contributed by atoms with Gasteiger partial charge in [-0.05, 0) is 46.1 Å². The monoisotopic (exact) mass is 463 g/mol. The fourth-order valence-corrected chi connectivity index (χ4v) is 2.98. The smallest absolute Gasteiger partial charge is 0.329 e. The van der Waals surface area contributed by atoms with Gasteiger partial charge in [0, 0.05) is 17.7 Å². The van der Waals surface area contributed by atoms with Gasteiger partial charge in [-0.2, -0.15) is 0 Å². The molecule has 0 spiro atoms. The number of hydrogen-bond acceptors (Lipinski definition) is 5. The number of rotatable bonds is 7. The van der Waals surface area contributed by atoms with E-state index < -0.39 is 36.3 Å². The van der Waals surface area contributed by atoms with Crippen molar-refractivity contribution in [2.75, 3.05) is 6.61 Å². The average molecular weight is 464 g/mol. The van der Waals surface area contributed by atoms with Crippen LogP contribution in [0.3, 0.4) is 0 Å². The number of nitrogens with one attached hydrogen (secondary N) is 2. The Morgan fingerprint density at radius 1 is 1.07 bits per heavy atom. The molecule has 1 heterocycles. The molecule has 0 radical (unpaired) electrons. The highest BCUT2D eigenvalue weighted by molar-refractivity contribution is 9.10. The van der Waals surface area contributed by atoms with E-state index in [-0.39, 0.29) is 5.92 Å². The zero-order valence-electron chi connectivity index (χ0n) is 16.3. The molecule has 2 rings (SSSR count). The predicted octanol–water partition coefficient (Wildman–Crippen LogP) is 2.04. The van der Waals surface area contributed by atoms with Crippen molar-refractivity contribution in [2.24, 2.45) is 13.0 Å². The number of aryl methyl sites for hydroxylation is 1. The van der Waals surface area contributed by atoms with E-state index in [4.69, 9.17) is 4.74 Å². The lowest BCUT2D eigenvalue weighted by atomic mass is 10.0. The maximum atomic E-state index is 12.5. The number of amides is 3. The summed E-state index contributed by atoms with van der Waals surface area (Å²) in [5.74, 6) is -2.84. The first kappa shape index (κ1) is 22.4. The van der Waals surface area contributed by atoms with Crippen LogP contribution < -0.4 is 10.6 Å². The fourth-order valence-electron chi connectivity index (χ4n) is 2.51. The highest BCUT2D eigenvalue weighted by Gasteiger charge is 2.27. The Morgan fingerprint density at radius 2 is 1.76 bits per heavy atom. The molecular weight excluding hydrogens is 442 g/mol. The Kier molecular flexibility index (Phi) is 7.72. The summed E-state index contributed by atoms with van der Waals surface area (Å²) in [5, 5.41) is 4.77. The van der Waals surface area contributed by atoms with Crippen LogP contribution in [0, 0.1) is 5.92 Å². The summed E-state index contributed by atoms with van der Waals surface area (Å²) >= 11 is 3.29. The van der Waals surface area contributed by atoms with Gasteiger partial charge in [-0.15, -0.1) is 0 Å². The van der Waals surface area contributed by atoms with E-state index >= 15 is 0 Å². The summed E-state index contributed by atoms with van der Waals surface area (Å²) in [4.78, 5) is 48.8. The van der Waals surface area contributed by atoms with Crippen LogP contribution in [0.2, 0.25) is 0 Å². The fraction of sp³-hybridized carbons (Fsp3) is 0.300. The first-order valence-corrected chi connectivity index (χ1v) is 9.67. The minimum absolute atomic E-state index is 0.276. The Labute approximate surface area is 176 Å². The van der Waals surface area contributed by atoms with Gasteiger partial charge in [0.2, 0.25) is 0 Å². The summed E-state index contributed by atoms with van der Waals surface area (Å²) in [5.41, 5.74) is 0.669. The van der Waals surface area contributed by atoms with Crippen molar-refractivity contribution in [1.29, 1.82) is 0 Å². The van der Waals surface area contributed by atoms with Gasteiger partial charge in [-0.1, -0.05) is 26.0 Å². The average Bonchev–Trinajstić information content (AvgIpc) is 3.10. The zero-order valence-corrected chi connectivity index (χ0v) is 17.9. The van der Waals surface area contributed by atoms with Crippen molar-refractivity contribution in [3.63, 3.8) is 0 Å². The third kappa shape index (κ3) is 6.02. The van der Waals surface area contributed by atoms with Crippen molar-refractivity contribution in [3.8, 4) is 0 Å². The second kappa shape index (κ2) is 10.0. The van der Waals surface area contributed by atoms with Crippen molar-refractivity contribution >= 4 is 39.6 Å². The summed E-state index contributed by atoms with van der Waals surface area (Å²) in [6.07, 6.45) is 1.67. The number of halogens is 1. The zero-order chi connectivity index (χ0) is 21.6. The van der Waals surface area contributed by atoms with Gasteiger partial charge in [-0.25, -0.2) is 4.79 Å². The normalized spacial score (nSPS) is 11.6. The highest BCUT2D eigenvalue weighted by atomic mass is 79.9. The molecule has 2 aromatic rings. The van der Waals surface area contributed by atoms with E-state index in [1.807, 2.05) is 0 Å². The van der Waals surface area contributed by atoms with Crippen molar-refractivity contribution in [2.45, 2.75) is 19.9 Å². The number of carbonyl (C=O) groups excluding carboxylic acids is 4. The maximum Gasteiger partial charge on any atom is 0.329 e. The number of aromatic nitrogens is 1. The van der Waals surface area contributed by atoms with Gasteiger partial charge in [0.1, 0.15) is 11.7 Å². The number of benzene rings is 1. The molecule has 0 bridgehead atoms. The van der Waals surface area contributed by atoms with Gasteiger partial charge in [0.05, 0.1) is 5.56 Å². The molecule has 0 saturated heterocycles. The summed E-state index contributed by atoms with van der Waals surface area (Å²) in [6, 6.07) is 9.07. The van der Waals surface area contributed by atoms with Gasteiger partial charge >= 0.3 is 5.97 Å². The van der Waals surface area contributed by atoms with Crippen LogP contribution in [0.4, 0.5) is 0 Å². The molecule has 3 amide bonds. The van der Waals surface area contributed by atoms with E-state index in [9.17, 15) is 19.2 Å². The molecular formula is C20H22BrN3O5. The second-order valence-electron chi connectivity index (χ2n) is 6.66. The molecule has 1 aromatic carbocycles. The molecule has 0 aliphatic carbocycles. The maximum absolute atomic E-state index is 12.5. The summed E-state index contributed by atoms with van der Waals surface area (Å²) in [6.45, 7) is 2.85. The van der Waals surface area contributed by atoms with E-state index in [0.717, 1.165) is 0 Å². The number of nitrogens with zero attached hydrogens (tertiary/aromatic N) is 1. The van der Waals surface area contributed by atoms with Crippen LogP contribution in [0.5, 0.6) is 0 Å². The molecule has 8 nitrogen and oxygen atoms in total. The molecule has 0 saturated carbocycles. The van der Waals surface area contributed by atoms with Crippen molar-refractivity contribution in [3.05, 3.63) is 58.3 Å². The lowest BCUT2D eigenvalue weighted by Crippen LogP contribution is -2.46. The van der Waals surface area contributed by atoms with Crippen molar-refractivity contribution in [1.82, 2.24) is 15.2 Å². The van der Waals surface area contributed by atoms with Crippen LogP contribution in [0.25, 0.3) is 0 Å². The van der Waals surface area contributed by atoms with Crippen LogP contribution >= 0.6 is 15.9 Å². The van der Waals surface area contributed by atoms with E-state index in [1.54, 1.807) is 68.1 Å². The largest absolute Gasteiger partial charge is 0.454 e. The van der Waals surface area contributed by atoms with E-state index in [1.165, 1.54) is 0 Å². The Morgan fingerprint density at radius 3 is 2.34 bits per heavy atom. The van der Waals surface area contributed by atoms with Gasteiger partial charge in [0.15, 0.2) is 6.61 Å². The summed E-state index contributed by atoms with van der Waals surface area (Å²) in [7, 11) is 1.67. The lowest BCUT2D eigenvalue weighted by molar-refractivity contribution is -0.151. The molecule has 1 aromatic heterocycles. The van der Waals surface area contributed by atoms with Crippen LogP contribution in [-0.4, -0.2) is 40.9 Å². The molecule has 0 unspecified atom stereocenters. The van der Waals surface area contributed by atoms with Crippen molar-refractivity contribution < 1.29 is 23.9 Å².